The predicted octanol–water partition coefficient (Wildman–Crippen LogP) is 2.50. The molecule has 0 unspecified atom stereocenters. The fraction of sp³-hybridized carbons (Fsp3) is 0.783. The summed E-state index contributed by atoms with van der Waals surface area (Å²) in [6.07, 6.45) is 6.60. The monoisotopic (exact) mass is 404 g/mol. The largest absolute Gasteiger partial charge is 0.458 e. The lowest BCUT2D eigenvalue weighted by molar-refractivity contribution is -0.218. The normalized spacial score (nSPS) is 46.2. The zero-order valence-corrected chi connectivity index (χ0v) is 17.6. The Labute approximate surface area is 171 Å². The third-order valence-corrected chi connectivity index (χ3v) is 9.16. The molecular weight excluding hydrogens is 372 g/mol. The Hall–Kier alpha value is -1.53. The Morgan fingerprint density at radius 3 is 2.48 bits per heavy atom. The number of Topliss-reactive ketones (excluding diaryl/α,β-unsaturated/α-hetero) is 1. The molecule has 0 bridgehead atoms. The Morgan fingerprint density at radius 1 is 1.07 bits per heavy atom. The molecule has 4 aliphatic carbocycles. The molecule has 2 N–H and O–H groups in total. The molecule has 29 heavy (non-hydrogen) atoms. The van der Waals surface area contributed by atoms with Crippen LogP contribution < -0.4 is 0 Å². The third kappa shape index (κ3) is 2.64. The highest BCUT2D eigenvalue weighted by Gasteiger charge is 2.73. The smallest absolute Gasteiger partial charge is 0.303 e. The van der Waals surface area contributed by atoms with Gasteiger partial charge in [0.05, 0.1) is 5.60 Å². The number of aliphatic hydroxyl groups is 2. The minimum atomic E-state index is -1.69. The number of carbonyl (C=O) groups excluding carboxylic acids is 3. The highest BCUT2D eigenvalue weighted by molar-refractivity contribution is 5.92. The Morgan fingerprint density at radius 2 is 1.79 bits per heavy atom. The zero-order chi connectivity index (χ0) is 21.2. The zero-order valence-electron chi connectivity index (χ0n) is 17.6. The van der Waals surface area contributed by atoms with Gasteiger partial charge in [-0.05, 0) is 68.3 Å². The van der Waals surface area contributed by atoms with Crippen LogP contribution in [0.15, 0.2) is 11.6 Å². The maximum absolute atomic E-state index is 12.9. The van der Waals surface area contributed by atoms with Crippen molar-refractivity contribution in [3.63, 3.8) is 0 Å². The van der Waals surface area contributed by atoms with Crippen molar-refractivity contribution in [2.45, 2.75) is 83.3 Å². The molecule has 160 valence electrons. The molecule has 0 saturated heterocycles. The van der Waals surface area contributed by atoms with Gasteiger partial charge >= 0.3 is 5.97 Å². The Balaban J connectivity index is 1.66. The highest BCUT2D eigenvalue weighted by atomic mass is 16.5. The van der Waals surface area contributed by atoms with E-state index in [0.717, 1.165) is 25.7 Å². The molecule has 6 atom stereocenters. The SMILES string of the molecule is CC(=O)OCC(=O)[C@@]1(O)CC[C@@]2(O)[C@H]3CCC4=CC(=O)CC[C@@]4(C)[C@@H]3CC[C@@]21C. The number of rotatable bonds is 3. The summed E-state index contributed by atoms with van der Waals surface area (Å²) in [6.45, 7) is 4.83. The fourth-order valence-electron chi connectivity index (χ4n) is 7.28. The number of carbonyl (C=O) groups is 3. The van der Waals surface area contributed by atoms with Crippen LogP contribution in [0.5, 0.6) is 0 Å². The number of esters is 1. The maximum atomic E-state index is 12.9. The quantitative estimate of drug-likeness (QED) is 0.701. The van der Waals surface area contributed by atoms with Crippen LogP contribution in [0.4, 0.5) is 0 Å². The molecule has 0 heterocycles. The summed E-state index contributed by atoms with van der Waals surface area (Å²) in [4.78, 5) is 36.0. The van der Waals surface area contributed by atoms with Crippen LogP contribution in [0, 0.1) is 22.7 Å². The summed E-state index contributed by atoms with van der Waals surface area (Å²) < 4.78 is 4.87. The van der Waals surface area contributed by atoms with Crippen LogP contribution in [0.1, 0.15) is 72.1 Å². The molecule has 0 aromatic rings. The molecule has 0 radical (unpaired) electrons. The van der Waals surface area contributed by atoms with Crippen LogP contribution in [-0.2, 0) is 19.1 Å². The van der Waals surface area contributed by atoms with Gasteiger partial charge in [-0.3, -0.25) is 14.4 Å². The van der Waals surface area contributed by atoms with Gasteiger partial charge in [0.2, 0.25) is 5.78 Å². The molecule has 0 spiro atoms. The van der Waals surface area contributed by atoms with Crippen molar-refractivity contribution in [3.05, 3.63) is 11.6 Å². The molecule has 3 saturated carbocycles. The van der Waals surface area contributed by atoms with Crippen LogP contribution in [-0.4, -0.2) is 45.6 Å². The van der Waals surface area contributed by atoms with E-state index in [1.165, 1.54) is 12.5 Å². The molecular formula is C23H32O6. The first-order valence-corrected chi connectivity index (χ1v) is 10.8. The summed E-state index contributed by atoms with van der Waals surface area (Å²) >= 11 is 0. The summed E-state index contributed by atoms with van der Waals surface area (Å²) in [5, 5.41) is 23.4. The second-order valence-corrected chi connectivity index (χ2v) is 10.2. The van der Waals surface area contributed by atoms with Crippen LogP contribution in [0.3, 0.4) is 0 Å². The molecule has 6 nitrogen and oxygen atoms in total. The number of fused-ring (bicyclic) bond motifs is 5. The predicted molar refractivity (Wildman–Crippen MR) is 105 cm³/mol. The lowest BCUT2D eigenvalue weighted by atomic mass is 9.44. The minimum absolute atomic E-state index is 0.0212. The average Bonchev–Trinajstić information content (AvgIpc) is 2.89. The third-order valence-electron chi connectivity index (χ3n) is 9.16. The standard InChI is InChI=1S/C23H32O6/c1-14(24)29-13-19(26)23(28)11-10-22(27)18-5-4-15-12-16(25)6-8-20(15,2)17(18)7-9-21(22,23)3/h12,17-18,27-28H,4-11,13H2,1-3H3/t17-,18+,20-,21+,22-,23+/m1/s1. The Kier molecular flexibility index (Phi) is 4.63. The fourth-order valence-corrected chi connectivity index (χ4v) is 7.28. The van der Waals surface area contributed by atoms with E-state index >= 15 is 0 Å². The van der Waals surface area contributed by atoms with E-state index in [2.05, 4.69) is 6.92 Å². The molecule has 4 rings (SSSR count). The van der Waals surface area contributed by atoms with Gasteiger partial charge in [0.1, 0.15) is 5.60 Å². The van der Waals surface area contributed by atoms with Gasteiger partial charge in [-0.25, -0.2) is 0 Å². The molecule has 0 aliphatic heterocycles. The van der Waals surface area contributed by atoms with Crippen molar-refractivity contribution in [2.24, 2.45) is 22.7 Å². The van der Waals surface area contributed by atoms with Gasteiger partial charge in [0.15, 0.2) is 12.4 Å². The van der Waals surface area contributed by atoms with E-state index < -0.39 is 35.0 Å². The first-order valence-electron chi connectivity index (χ1n) is 10.8. The van der Waals surface area contributed by atoms with Gasteiger partial charge in [-0.15, -0.1) is 0 Å². The van der Waals surface area contributed by atoms with E-state index in [1.807, 2.05) is 13.0 Å². The average molecular weight is 405 g/mol. The number of allylic oxidation sites excluding steroid dienone is 1. The summed E-state index contributed by atoms with van der Waals surface area (Å²) in [7, 11) is 0. The Bertz CT molecular complexity index is 801. The van der Waals surface area contributed by atoms with Crippen LogP contribution >= 0.6 is 0 Å². The number of hydrogen-bond acceptors (Lipinski definition) is 6. The van der Waals surface area contributed by atoms with Gasteiger partial charge < -0.3 is 14.9 Å². The van der Waals surface area contributed by atoms with Crippen molar-refractivity contribution < 1.29 is 29.3 Å². The van der Waals surface area contributed by atoms with Crippen molar-refractivity contribution in [1.29, 1.82) is 0 Å². The van der Waals surface area contributed by atoms with E-state index in [4.69, 9.17) is 4.74 Å². The molecule has 0 aromatic heterocycles. The first kappa shape index (κ1) is 20.7. The van der Waals surface area contributed by atoms with E-state index in [1.54, 1.807) is 0 Å². The van der Waals surface area contributed by atoms with Gasteiger partial charge in [0.25, 0.3) is 0 Å². The molecule has 0 amide bonds. The topological polar surface area (TPSA) is 101 Å². The highest BCUT2D eigenvalue weighted by Crippen LogP contribution is 2.69. The van der Waals surface area contributed by atoms with Crippen LogP contribution in [0.25, 0.3) is 0 Å². The number of ether oxygens (including phenoxy) is 1. The van der Waals surface area contributed by atoms with Crippen molar-refractivity contribution in [1.82, 2.24) is 0 Å². The van der Waals surface area contributed by atoms with Gasteiger partial charge in [0, 0.05) is 18.8 Å². The molecule has 3 fully saturated rings. The van der Waals surface area contributed by atoms with Crippen molar-refractivity contribution in [2.75, 3.05) is 6.61 Å². The van der Waals surface area contributed by atoms with E-state index in [-0.39, 0.29) is 29.5 Å². The minimum Gasteiger partial charge on any atom is -0.458 e. The number of ketones is 2. The van der Waals surface area contributed by atoms with E-state index in [0.29, 0.717) is 19.3 Å². The van der Waals surface area contributed by atoms with Crippen molar-refractivity contribution >= 4 is 17.5 Å². The summed E-state index contributed by atoms with van der Waals surface area (Å²) in [5.74, 6) is -0.667. The summed E-state index contributed by atoms with van der Waals surface area (Å²) in [5.41, 5.74) is -2.70. The second-order valence-electron chi connectivity index (χ2n) is 10.2. The summed E-state index contributed by atoms with van der Waals surface area (Å²) in [6, 6.07) is 0. The molecule has 6 heteroatoms. The lowest BCUT2D eigenvalue weighted by Gasteiger charge is -2.62. The van der Waals surface area contributed by atoms with E-state index in [9.17, 15) is 24.6 Å². The second kappa shape index (κ2) is 6.48. The molecule has 4 aliphatic rings. The van der Waals surface area contributed by atoms with Gasteiger partial charge in [-0.2, -0.15) is 0 Å². The van der Waals surface area contributed by atoms with Crippen LogP contribution in [0.2, 0.25) is 0 Å². The lowest BCUT2D eigenvalue weighted by Crippen LogP contribution is -2.66. The number of hydrogen-bond donors (Lipinski definition) is 2. The maximum Gasteiger partial charge on any atom is 0.303 e. The van der Waals surface area contributed by atoms with Gasteiger partial charge in [-0.1, -0.05) is 19.4 Å². The first-order chi connectivity index (χ1) is 13.5. The van der Waals surface area contributed by atoms with Crippen molar-refractivity contribution in [3.8, 4) is 0 Å². The molecule has 0 aromatic carbocycles.